The van der Waals surface area contributed by atoms with Crippen LogP contribution in [0.5, 0.6) is 0 Å². The Bertz CT molecular complexity index is 1010. The van der Waals surface area contributed by atoms with Crippen LogP contribution in [0.1, 0.15) is 17.5 Å². The molecule has 0 N–H and O–H groups in total. The number of benzene rings is 3. The summed E-state index contributed by atoms with van der Waals surface area (Å²) in [7, 11) is 0. The van der Waals surface area contributed by atoms with E-state index in [2.05, 4.69) is 100 Å². The largest absolute Gasteiger partial charge is 0.306 e. The highest BCUT2D eigenvalue weighted by atomic mass is 15.6. The minimum atomic E-state index is 0.798. The molecule has 0 bridgehead atoms. The zero-order valence-corrected chi connectivity index (χ0v) is 16.3. The van der Waals surface area contributed by atoms with Crippen LogP contribution in [0.3, 0.4) is 0 Å². The van der Waals surface area contributed by atoms with Crippen molar-refractivity contribution in [2.24, 2.45) is 0 Å². The molecule has 0 amide bonds. The van der Waals surface area contributed by atoms with E-state index in [1.54, 1.807) is 12.7 Å². The molecule has 0 unspecified atom stereocenters. The highest BCUT2D eigenvalue weighted by Gasteiger charge is 2.07. The quantitative estimate of drug-likeness (QED) is 0.422. The minimum Gasteiger partial charge on any atom is -0.306 e. The van der Waals surface area contributed by atoms with Gasteiger partial charge in [-0.1, -0.05) is 97.1 Å². The topological polar surface area (TPSA) is 34.0 Å². The summed E-state index contributed by atoms with van der Waals surface area (Å²) in [5.41, 5.74) is 4.95. The molecule has 4 heteroatoms. The maximum Gasteiger partial charge on any atom is 0.139 e. The Morgan fingerprint density at radius 2 is 1.34 bits per heavy atom. The molecule has 4 aromatic rings. The highest BCUT2D eigenvalue weighted by molar-refractivity contribution is 5.63. The van der Waals surface area contributed by atoms with Crippen molar-refractivity contribution in [3.63, 3.8) is 0 Å². The normalized spacial score (nSPS) is 11.0. The number of rotatable bonds is 8. The fraction of sp³-hybridized carbons (Fsp3) is 0.120. The van der Waals surface area contributed by atoms with Crippen LogP contribution in [-0.2, 0) is 6.54 Å². The Morgan fingerprint density at radius 3 is 2.03 bits per heavy atom. The maximum absolute atomic E-state index is 3.97. The van der Waals surface area contributed by atoms with Crippen molar-refractivity contribution in [1.29, 1.82) is 0 Å². The van der Waals surface area contributed by atoms with E-state index in [-0.39, 0.29) is 0 Å². The van der Waals surface area contributed by atoms with E-state index in [0.29, 0.717) is 0 Å². The SMILES string of the molecule is C(=C\c1ccccc1)/CCN(Cc1ccc(-c2ccccc2)cc1)n1cnnc1. The summed E-state index contributed by atoms with van der Waals surface area (Å²) in [5.74, 6) is 0. The predicted octanol–water partition coefficient (Wildman–Crippen LogP) is 5.19. The van der Waals surface area contributed by atoms with Crippen molar-refractivity contribution in [1.82, 2.24) is 14.9 Å². The first-order chi connectivity index (χ1) is 14.4. The first-order valence-corrected chi connectivity index (χ1v) is 9.84. The molecular formula is C25H24N4. The Balaban J connectivity index is 1.42. The van der Waals surface area contributed by atoms with Gasteiger partial charge in [-0.2, -0.15) is 0 Å². The highest BCUT2D eigenvalue weighted by Crippen LogP contribution is 2.19. The molecule has 3 aromatic carbocycles. The van der Waals surface area contributed by atoms with Crippen LogP contribution in [0.15, 0.2) is 104 Å². The second-order valence-corrected chi connectivity index (χ2v) is 6.89. The molecule has 1 heterocycles. The van der Waals surface area contributed by atoms with Crippen molar-refractivity contribution < 1.29 is 0 Å². The van der Waals surface area contributed by atoms with Gasteiger partial charge in [-0.05, 0) is 28.7 Å². The molecule has 29 heavy (non-hydrogen) atoms. The van der Waals surface area contributed by atoms with E-state index in [9.17, 15) is 0 Å². The van der Waals surface area contributed by atoms with Gasteiger partial charge in [-0.15, -0.1) is 10.2 Å². The Labute approximate surface area is 171 Å². The number of nitrogens with zero attached hydrogens (tertiary/aromatic N) is 4. The van der Waals surface area contributed by atoms with Crippen LogP contribution in [0.2, 0.25) is 0 Å². The first-order valence-electron chi connectivity index (χ1n) is 9.84. The summed E-state index contributed by atoms with van der Waals surface area (Å²) in [6.45, 7) is 1.67. The Kier molecular flexibility index (Phi) is 6.13. The van der Waals surface area contributed by atoms with Crippen molar-refractivity contribution >= 4 is 6.08 Å². The molecule has 0 saturated carbocycles. The number of aromatic nitrogens is 3. The third-order valence-corrected chi connectivity index (χ3v) is 4.82. The second kappa shape index (κ2) is 9.51. The minimum absolute atomic E-state index is 0.798. The molecule has 4 rings (SSSR count). The van der Waals surface area contributed by atoms with Crippen molar-refractivity contribution in [2.75, 3.05) is 11.6 Å². The van der Waals surface area contributed by atoms with Crippen LogP contribution in [0.25, 0.3) is 17.2 Å². The van der Waals surface area contributed by atoms with E-state index in [0.717, 1.165) is 19.5 Å². The summed E-state index contributed by atoms with van der Waals surface area (Å²) in [6.07, 6.45) is 8.82. The molecule has 0 fully saturated rings. The first kappa shape index (κ1) is 18.7. The van der Waals surface area contributed by atoms with E-state index >= 15 is 0 Å². The molecule has 1 aromatic heterocycles. The Hall–Kier alpha value is -3.66. The van der Waals surface area contributed by atoms with Crippen LogP contribution < -0.4 is 5.01 Å². The van der Waals surface area contributed by atoms with Crippen LogP contribution in [0.4, 0.5) is 0 Å². The molecule has 0 aliphatic carbocycles. The van der Waals surface area contributed by atoms with E-state index in [4.69, 9.17) is 0 Å². The summed E-state index contributed by atoms with van der Waals surface area (Å²) < 4.78 is 1.96. The van der Waals surface area contributed by atoms with Crippen LogP contribution in [0, 0.1) is 0 Å². The summed E-state index contributed by atoms with van der Waals surface area (Å²) in [6, 6.07) is 29.6. The zero-order valence-electron chi connectivity index (χ0n) is 16.3. The predicted molar refractivity (Wildman–Crippen MR) is 119 cm³/mol. The standard InChI is InChI=1S/C25H24N4/c1-3-9-22(10-4-1)11-7-8-18-28(29-20-26-27-21-29)19-23-14-16-25(17-15-23)24-12-5-2-6-13-24/h1-7,9-17,20-21H,8,18-19H2/b11-7+. The molecular weight excluding hydrogens is 356 g/mol. The zero-order chi connectivity index (χ0) is 19.7. The average molecular weight is 380 g/mol. The molecule has 0 aliphatic heterocycles. The van der Waals surface area contributed by atoms with Gasteiger partial charge >= 0.3 is 0 Å². The lowest BCUT2D eigenvalue weighted by molar-refractivity contribution is 0.580. The molecule has 0 saturated heterocycles. The molecule has 4 nitrogen and oxygen atoms in total. The molecule has 144 valence electrons. The molecule has 0 atom stereocenters. The third-order valence-electron chi connectivity index (χ3n) is 4.82. The van der Waals surface area contributed by atoms with E-state index in [1.807, 2.05) is 16.8 Å². The van der Waals surface area contributed by atoms with Crippen molar-refractivity contribution in [3.8, 4) is 11.1 Å². The summed E-state index contributed by atoms with van der Waals surface area (Å²) >= 11 is 0. The van der Waals surface area contributed by atoms with Gasteiger partial charge in [0.15, 0.2) is 0 Å². The molecule has 0 spiro atoms. The number of hydrogen-bond donors (Lipinski definition) is 0. The average Bonchev–Trinajstić information content (AvgIpc) is 3.33. The Morgan fingerprint density at radius 1 is 0.724 bits per heavy atom. The molecule has 0 aliphatic rings. The summed E-state index contributed by atoms with van der Waals surface area (Å²) in [4.78, 5) is 0. The van der Waals surface area contributed by atoms with Gasteiger partial charge in [0.1, 0.15) is 12.7 Å². The van der Waals surface area contributed by atoms with Gasteiger partial charge in [-0.25, -0.2) is 4.68 Å². The fourth-order valence-corrected chi connectivity index (χ4v) is 3.27. The van der Waals surface area contributed by atoms with Crippen molar-refractivity contribution in [3.05, 3.63) is 115 Å². The lowest BCUT2D eigenvalue weighted by atomic mass is 10.0. The van der Waals surface area contributed by atoms with Gasteiger partial charge in [0.25, 0.3) is 0 Å². The number of hydrogen-bond acceptors (Lipinski definition) is 3. The molecule has 0 radical (unpaired) electrons. The third kappa shape index (κ3) is 5.20. The lowest BCUT2D eigenvalue weighted by Crippen LogP contribution is -2.33. The van der Waals surface area contributed by atoms with Gasteiger partial charge < -0.3 is 5.01 Å². The van der Waals surface area contributed by atoms with Gasteiger partial charge in [0.2, 0.25) is 0 Å². The fourth-order valence-electron chi connectivity index (χ4n) is 3.27. The van der Waals surface area contributed by atoms with E-state index in [1.165, 1.54) is 22.3 Å². The van der Waals surface area contributed by atoms with Gasteiger partial charge in [-0.3, -0.25) is 0 Å². The summed E-state index contributed by atoms with van der Waals surface area (Å²) in [5, 5.41) is 10.2. The monoisotopic (exact) mass is 380 g/mol. The second-order valence-electron chi connectivity index (χ2n) is 6.89. The van der Waals surface area contributed by atoms with Gasteiger partial charge in [0, 0.05) is 6.54 Å². The van der Waals surface area contributed by atoms with Gasteiger partial charge in [0.05, 0.1) is 6.54 Å². The van der Waals surface area contributed by atoms with Crippen molar-refractivity contribution in [2.45, 2.75) is 13.0 Å². The smallest absolute Gasteiger partial charge is 0.139 e. The van der Waals surface area contributed by atoms with Crippen LogP contribution >= 0.6 is 0 Å². The lowest BCUT2D eigenvalue weighted by Gasteiger charge is -2.24. The van der Waals surface area contributed by atoms with E-state index < -0.39 is 0 Å². The maximum atomic E-state index is 3.97. The van der Waals surface area contributed by atoms with Crippen LogP contribution in [-0.4, -0.2) is 21.4 Å².